The molecular weight excluding hydrogens is 685 g/mol. The van der Waals surface area contributed by atoms with Crippen molar-refractivity contribution in [3.63, 3.8) is 0 Å². The molecule has 9 aromatic carbocycles. The van der Waals surface area contributed by atoms with Gasteiger partial charge >= 0.3 is 0 Å². The van der Waals surface area contributed by atoms with Gasteiger partial charge in [0.25, 0.3) is 0 Å². The van der Waals surface area contributed by atoms with Gasteiger partial charge < -0.3 is 9.47 Å². The molecule has 0 saturated heterocycles. The predicted molar refractivity (Wildman–Crippen MR) is 237 cm³/mol. The molecule has 3 heteroatoms. The normalized spacial score (nSPS) is 11.6. The summed E-state index contributed by atoms with van der Waals surface area (Å²) in [7, 11) is 0. The van der Waals surface area contributed by atoms with E-state index in [-0.39, 0.29) is 0 Å². The zero-order chi connectivity index (χ0) is 36.3. The van der Waals surface area contributed by atoms with Crippen LogP contribution in [0.5, 0.6) is 0 Å². The maximum absolute atomic E-state index is 2.51. The fraction of sp³-hybridized carbons (Fsp3) is 0. The first kappa shape index (κ1) is 31.6. The van der Waals surface area contributed by atoms with Crippen LogP contribution >= 0.6 is 11.3 Å². The fourth-order valence-corrected chi connectivity index (χ4v) is 9.58. The minimum absolute atomic E-state index is 1.10. The molecule has 0 atom stereocenters. The van der Waals surface area contributed by atoms with E-state index in [9.17, 15) is 0 Å². The first-order valence-corrected chi connectivity index (χ1v) is 19.6. The highest BCUT2D eigenvalue weighted by molar-refractivity contribution is 7.25. The van der Waals surface area contributed by atoms with Crippen LogP contribution in [0.4, 0.5) is 17.1 Å². The maximum atomic E-state index is 2.51. The van der Waals surface area contributed by atoms with Crippen molar-refractivity contribution in [2.24, 2.45) is 0 Å². The van der Waals surface area contributed by atoms with E-state index in [0.29, 0.717) is 0 Å². The van der Waals surface area contributed by atoms with Gasteiger partial charge in [-0.05, 0) is 65.0 Å². The van der Waals surface area contributed by atoms with Crippen LogP contribution in [0.15, 0.2) is 206 Å². The second kappa shape index (κ2) is 12.9. The fourth-order valence-electron chi connectivity index (χ4n) is 8.50. The summed E-state index contributed by atoms with van der Waals surface area (Å²) in [6.07, 6.45) is 0. The summed E-state index contributed by atoms with van der Waals surface area (Å²) in [6, 6.07) is 75.3. The molecule has 0 saturated carbocycles. The van der Waals surface area contributed by atoms with E-state index >= 15 is 0 Å². The van der Waals surface area contributed by atoms with Crippen molar-refractivity contribution in [2.45, 2.75) is 0 Å². The Hall–Kier alpha value is -6.94. The number of rotatable bonds is 6. The molecule has 0 N–H and O–H groups in total. The number of benzene rings is 9. The number of fused-ring (bicyclic) bond motifs is 7. The third-order valence-corrected chi connectivity index (χ3v) is 12.1. The number of nitrogens with zero attached hydrogens (tertiary/aromatic N) is 2. The molecule has 11 aromatic rings. The van der Waals surface area contributed by atoms with Crippen LogP contribution in [0.3, 0.4) is 0 Å². The molecule has 0 amide bonds. The summed E-state index contributed by atoms with van der Waals surface area (Å²) in [6.45, 7) is 0. The van der Waals surface area contributed by atoms with E-state index in [1.54, 1.807) is 0 Å². The molecule has 55 heavy (non-hydrogen) atoms. The number of anilines is 3. The second-order valence-corrected chi connectivity index (χ2v) is 15.2. The van der Waals surface area contributed by atoms with Crippen molar-refractivity contribution in [1.82, 2.24) is 4.57 Å². The Morgan fingerprint density at radius 2 is 0.964 bits per heavy atom. The minimum Gasteiger partial charge on any atom is -0.310 e. The van der Waals surface area contributed by atoms with Gasteiger partial charge in [0.05, 0.1) is 22.4 Å². The molecule has 0 aliphatic rings. The Morgan fingerprint density at radius 1 is 0.364 bits per heavy atom. The molecule has 2 heterocycles. The van der Waals surface area contributed by atoms with E-state index in [0.717, 1.165) is 22.6 Å². The zero-order valence-electron chi connectivity index (χ0n) is 29.9. The molecule has 2 nitrogen and oxygen atoms in total. The third-order valence-electron chi connectivity index (χ3n) is 11.0. The Labute approximate surface area is 323 Å². The Balaban J connectivity index is 1.23. The van der Waals surface area contributed by atoms with Crippen molar-refractivity contribution in [1.29, 1.82) is 0 Å². The first-order chi connectivity index (χ1) is 27.3. The number of para-hydroxylation sites is 2. The lowest BCUT2D eigenvalue weighted by atomic mass is 9.98. The van der Waals surface area contributed by atoms with Crippen molar-refractivity contribution in [3.8, 4) is 27.9 Å². The zero-order valence-corrected chi connectivity index (χ0v) is 30.7. The predicted octanol–water partition coefficient (Wildman–Crippen LogP) is 15.1. The van der Waals surface area contributed by atoms with E-state index in [1.165, 1.54) is 75.2 Å². The van der Waals surface area contributed by atoms with E-state index in [2.05, 4.69) is 216 Å². The van der Waals surface area contributed by atoms with Crippen molar-refractivity contribution in [2.75, 3.05) is 4.90 Å². The van der Waals surface area contributed by atoms with Crippen molar-refractivity contribution >= 4 is 81.1 Å². The van der Waals surface area contributed by atoms with Gasteiger partial charge in [-0.3, -0.25) is 0 Å². The highest BCUT2D eigenvalue weighted by Gasteiger charge is 2.22. The monoisotopic (exact) mass is 718 g/mol. The molecule has 0 unspecified atom stereocenters. The molecule has 2 aromatic heterocycles. The second-order valence-electron chi connectivity index (χ2n) is 14.1. The molecule has 11 rings (SSSR count). The molecule has 0 aliphatic carbocycles. The summed E-state index contributed by atoms with van der Waals surface area (Å²) in [4.78, 5) is 2.46. The minimum atomic E-state index is 1.10. The van der Waals surface area contributed by atoms with Gasteiger partial charge in [0, 0.05) is 58.8 Å². The van der Waals surface area contributed by atoms with Gasteiger partial charge in [-0.25, -0.2) is 0 Å². The molecular formula is C52H34N2S. The van der Waals surface area contributed by atoms with Crippen LogP contribution < -0.4 is 4.90 Å². The first-order valence-electron chi connectivity index (χ1n) is 18.8. The van der Waals surface area contributed by atoms with Gasteiger partial charge in [0.15, 0.2) is 0 Å². The summed E-state index contributed by atoms with van der Waals surface area (Å²) in [5.41, 5.74) is 11.6. The molecule has 258 valence electrons. The topological polar surface area (TPSA) is 8.17 Å². The highest BCUT2D eigenvalue weighted by atomic mass is 32.1. The van der Waals surface area contributed by atoms with E-state index in [4.69, 9.17) is 0 Å². The average molecular weight is 719 g/mol. The van der Waals surface area contributed by atoms with Gasteiger partial charge in [0.2, 0.25) is 0 Å². The van der Waals surface area contributed by atoms with Crippen molar-refractivity contribution in [3.05, 3.63) is 206 Å². The Kier molecular flexibility index (Phi) is 7.39. The van der Waals surface area contributed by atoms with E-state index < -0.39 is 0 Å². The van der Waals surface area contributed by atoms with Gasteiger partial charge in [-0.2, -0.15) is 0 Å². The van der Waals surface area contributed by atoms with Crippen molar-refractivity contribution < 1.29 is 0 Å². The van der Waals surface area contributed by atoms with Crippen LogP contribution in [0.1, 0.15) is 0 Å². The van der Waals surface area contributed by atoms with Gasteiger partial charge in [0.1, 0.15) is 0 Å². The van der Waals surface area contributed by atoms with Gasteiger partial charge in [-0.15, -0.1) is 11.3 Å². The Bertz CT molecular complexity index is 3210. The standard InChI is InChI=1S/C52H34N2S/c1-3-15-35(16-4-1)40-20-9-12-24-47(40)53(38-29-32-51-46(33-38)45-23-11-14-26-50(45)55-51)39-28-31-44-43-22-10-13-25-48(43)54(49(44)34-39)52-41-21-8-7-19-37(41)27-30-42(52)36-17-5-2-6-18-36/h1-34H. The smallest absolute Gasteiger partial charge is 0.0618 e. The molecule has 0 radical (unpaired) electrons. The lowest BCUT2D eigenvalue weighted by molar-refractivity contribution is 1.19. The number of hydrogen-bond acceptors (Lipinski definition) is 2. The SMILES string of the molecule is c1ccc(-c2ccccc2N(c2ccc3sc4ccccc4c3c2)c2ccc3c4ccccc4n(-c4c(-c5ccccc5)ccc5ccccc45)c3c2)cc1. The largest absolute Gasteiger partial charge is 0.310 e. The van der Waals surface area contributed by atoms with Gasteiger partial charge in [-0.1, -0.05) is 158 Å². The summed E-state index contributed by atoms with van der Waals surface area (Å²) in [5.74, 6) is 0. The number of aromatic nitrogens is 1. The molecule has 0 aliphatic heterocycles. The number of hydrogen-bond donors (Lipinski definition) is 0. The number of thiophene rings is 1. The van der Waals surface area contributed by atoms with Crippen LogP contribution in [0.2, 0.25) is 0 Å². The lowest BCUT2D eigenvalue weighted by Gasteiger charge is -2.28. The van der Waals surface area contributed by atoms with Crippen LogP contribution in [-0.4, -0.2) is 4.57 Å². The van der Waals surface area contributed by atoms with E-state index in [1.807, 2.05) is 11.3 Å². The summed E-state index contributed by atoms with van der Waals surface area (Å²) < 4.78 is 5.11. The molecule has 0 bridgehead atoms. The quantitative estimate of drug-likeness (QED) is 0.166. The van der Waals surface area contributed by atoms with Crippen LogP contribution in [-0.2, 0) is 0 Å². The summed E-state index contributed by atoms with van der Waals surface area (Å²) >= 11 is 1.86. The molecule has 0 fully saturated rings. The van der Waals surface area contributed by atoms with Crippen LogP contribution in [0.25, 0.3) is 80.7 Å². The third kappa shape index (κ3) is 5.16. The average Bonchev–Trinajstić information content (AvgIpc) is 3.79. The lowest BCUT2D eigenvalue weighted by Crippen LogP contribution is -2.11. The Morgan fingerprint density at radius 3 is 1.80 bits per heavy atom. The summed E-state index contributed by atoms with van der Waals surface area (Å²) in [5, 5.41) is 7.46. The molecule has 0 spiro atoms. The van der Waals surface area contributed by atoms with Crippen LogP contribution in [0, 0.1) is 0 Å². The highest BCUT2D eigenvalue weighted by Crippen LogP contribution is 2.46. The maximum Gasteiger partial charge on any atom is 0.0618 e.